The van der Waals surface area contributed by atoms with E-state index in [1.54, 1.807) is 0 Å². The van der Waals surface area contributed by atoms with Crippen LogP contribution < -0.4 is 0 Å². The minimum absolute atomic E-state index is 0.0407. The molecule has 2 heteroatoms. The molecule has 1 heterocycles. The molecule has 1 aliphatic heterocycles. The number of hydrogen-bond donors (Lipinski definition) is 0. The zero-order valence-electron chi connectivity index (χ0n) is 8.45. The molecule has 15 heavy (non-hydrogen) atoms. The van der Waals surface area contributed by atoms with Crippen molar-refractivity contribution in [2.75, 3.05) is 6.61 Å². The fourth-order valence-electron chi connectivity index (χ4n) is 1.55. The largest absolute Gasteiger partial charge is 0.364 e. The molecule has 0 spiro atoms. The molecular formula is C13H13BrO. The van der Waals surface area contributed by atoms with Crippen LogP contribution in [0.2, 0.25) is 0 Å². The Hall–Kier alpha value is -0.780. The minimum Gasteiger partial charge on any atom is -0.364 e. The van der Waals surface area contributed by atoms with Crippen LogP contribution >= 0.6 is 15.9 Å². The maximum absolute atomic E-state index is 5.59. The van der Waals surface area contributed by atoms with Crippen molar-refractivity contribution in [3.8, 4) is 11.8 Å². The fraction of sp³-hybridized carbons (Fsp3) is 0.385. The van der Waals surface area contributed by atoms with Gasteiger partial charge in [0.05, 0.1) is 4.83 Å². The second-order valence-electron chi connectivity index (χ2n) is 3.58. The highest BCUT2D eigenvalue weighted by molar-refractivity contribution is 9.09. The van der Waals surface area contributed by atoms with Gasteiger partial charge in [0.1, 0.15) is 6.10 Å². The summed E-state index contributed by atoms with van der Waals surface area (Å²) in [7, 11) is 0. The second kappa shape index (κ2) is 5.34. The van der Waals surface area contributed by atoms with Crippen molar-refractivity contribution in [3.63, 3.8) is 0 Å². The van der Waals surface area contributed by atoms with E-state index in [2.05, 4.69) is 27.8 Å². The van der Waals surface area contributed by atoms with Crippen molar-refractivity contribution < 1.29 is 4.74 Å². The van der Waals surface area contributed by atoms with E-state index in [0.29, 0.717) is 4.83 Å². The van der Waals surface area contributed by atoms with Crippen LogP contribution in [-0.2, 0) is 4.74 Å². The predicted molar refractivity (Wildman–Crippen MR) is 65.0 cm³/mol. The van der Waals surface area contributed by atoms with Crippen LogP contribution in [0.1, 0.15) is 18.4 Å². The summed E-state index contributed by atoms with van der Waals surface area (Å²) in [4.78, 5) is 0.377. The van der Waals surface area contributed by atoms with Gasteiger partial charge in [0.15, 0.2) is 0 Å². The highest BCUT2D eigenvalue weighted by Gasteiger charge is 2.21. The Morgan fingerprint density at radius 3 is 2.80 bits per heavy atom. The lowest BCUT2D eigenvalue weighted by molar-refractivity contribution is 0.0590. The zero-order chi connectivity index (χ0) is 10.5. The Kier molecular flexibility index (Phi) is 3.82. The van der Waals surface area contributed by atoms with Gasteiger partial charge < -0.3 is 4.74 Å². The van der Waals surface area contributed by atoms with Gasteiger partial charge in [0, 0.05) is 12.2 Å². The van der Waals surface area contributed by atoms with Gasteiger partial charge in [-0.1, -0.05) is 46.0 Å². The average molecular weight is 265 g/mol. The van der Waals surface area contributed by atoms with Crippen LogP contribution in [0.3, 0.4) is 0 Å². The monoisotopic (exact) mass is 264 g/mol. The van der Waals surface area contributed by atoms with Gasteiger partial charge >= 0.3 is 0 Å². The second-order valence-corrected chi connectivity index (χ2v) is 4.76. The number of halogens is 1. The molecule has 0 amide bonds. The standard InChI is InChI=1S/C13H13BrO/c14-12-7-4-10-15-13(12)9-8-11-5-2-1-3-6-11/h1-3,5-6,12-13H,4,7,10H2/t12-,13+/m0/s1. The lowest BCUT2D eigenvalue weighted by Gasteiger charge is -2.23. The van der Waals surface area contributed by atoms with Gasteiger partial charge in [-0.25, -0.2) is 0 Å². The van der Waals surface area contributed by atoms with Crippen molar-refractivity contribution in [1.82, 2.24) is 0 Å². The molecule has 78 valence electrons. The van der Waals surface area contributed by atoms with Crippen molar-refractivity contribution in [3.05, 3.63) is 35.9 Å². The molecular weight excluding hydrogens is 252 g/mol. The van der Waals surface area contributed by atoms with E-state index < -0.39 is 0 Å². The molecule has 1 aromatic rings. The van der Waals surface area contributed by atoms with E-state index in [0.717, 1.165) is 25.0 Å². The SMILES string of the molecule is Br[C@H]1CCCO[C@@H]1C#Cc1ccccc1. The van der Waals surface area contributed by atoms with Crippen molar-refractivity contribution in [2.45, 2.75) is 23.8 Å². The lowest BCUT2D eigenvalue weighted by Crippen LogP contribution is -2.28. The number of alkyl halides is 1. The number of ether oxygens (including phenoxy) is 1. The Bertz CT molecular complexity index is 363. The first-order valence-electron chi connectivity index (χ1n) is 5.18. The van der Waals surface area contributed by atoms with E-state index in [-0.39, 0.29) is 6.10 Å². The van der Waals surface area contributed by atoms with E-state index >= 15 is 0 Å². The molecule has 0 N–H and O–H groups in total. The Morgan fingerprint density at radius 1 is 1.27 bits per heavy atom. The van der Waals surface area contributed by atoms with Crippen LogP contribution in [0.5, 0.6) is 0 Å². The van der Waals surface area contributed by atoms with E-state index in [9.17, 15) is 0 Å². The molecule has 0 aliphatic carbocycles. The summed E-state index contributed by atoms with van der Waals surface area (Å²) in [5.74, 6) is 6.31. The minimum atomic E-state index is 0.0407. The zero-order valence-corrected chi connectivity index (χ0v) is 10.0. The summed E-state index contributed by atoms with van der Waals surface area (Å²) >= 11 is 3.60. The highest BCUT2D eigenvalue weighted by atomic mass is 79.9. The first kappa shape index (κ1) is 10.7. The fourth-order valence-corrected chi connectivity index (χ4v) is 2.16. The van der Waals surface area contributed by atoms with Gasteiger partial charge in [0.25, 0.3) is 0 Å². The maximum Gasteiger partial charge on any atom is 0.131 e. The topological polar surface area (TPSA) is 9.23 Å². The third kappa shape index (κ3) is 3.09. The van der Waals surface area contributed by atoms with Gasteiger partial charge in [-0.3, -0.25) is 0 Å². The Balaban J connectivity index is 2.04. The Morgan fingerprint density at radius 2 is 2.07 bits per heavy atom. The molecule has 0 aromatic heterocycles. The van der Waals surface area contributed by atoms with Crippen molar-refractivity contribution >= 4 is 15.9 Å². The van der Waals surface area contributed by atoms with Gasteiger partial charge in [-0.2, -0.15) is 0 Å². The van der Waals surface area contributed by atoms with Gasteiger partial charge in [-0.15, -0.1) is 0 Å². The smallest absolute Gasteiger partial charge is 0.131 e. The van der Waals surface area contributed by atoms with Crippen LogP contribution in [0, 0.1) is 11.8 Å². The van der Waals surface area contributed by atoms with Crippen LogP contribution in [0.15, 0.2) is 30.3 Å². The molecule has 1 saturated heterocycles. The molecule has 0 radical (unpaired) electrons. The van der Waals surface area contributed by atoms with E-state index in [1.807, 2.05) is 30.3 Å². The molecule has 1 nitrogen and oxygen atoms in total. The van der Waals surface area contributed by atoms with Gasteiger partial charge in [0.2, 0.25) is 0 Å². The predicted octanol–water partition coefficient (Wildman–Crippen LogP) is 2.98. The summed E-state index contributed by atoms with van der Waals surface area (Å²) in [5.41, 5.74) is 1.05. The quantitative estimate of drug-likeness (QED) is 0.517. The number of rotatable bonds is 0. The van der Waals surface area contributed by atoms with Crippen LogP contribution in [-0.4, -0.2) is 17.5 Å². The molecule has 0 unspecified atom stereocenters. The number of benzene rings is 1. The summed E-state index contributed by atoms with van der Waals surface area (Å²) < 4.78 is 5.59. The van der Waals surface area contributed by atoms with Gasteiger partial charge in [-0.05, 0) is 25.0 Å². The Labute approximate surface area is 99.0 Å². The first-order valence-corrected chi connectivity index (χ1v) is 6.10. The average Bonchev–Trinajstić information content (AvgIpc) is 2.29. The summed E-state index contributed by atoms with van der Waals surface area (Å²) in [6, 6.07) is 10.0. The maximum atomic E-state index is 5.59. The molecule has 0 saturated carbocycles. The highest BCUT2D eigenvalue weighted by Crippen LogP contribution is 2.20. The summed E-state index contributed by atoms with van der Waals surface area (Å²) in [6.45, 7) is 0.830. The lowest BCUT2D eigenvalue weighted by atomic mass is 10.1. The van der Waals surface area contributed by atoms with Crippen molar-refractivity contribution in [2.24, 2.45) is 0 Å². The normalized spacial score (nSPS) is 25.4. The van der Waals surface area contributed by atoms with E-state index in [4.69, 9.17) is 4.74 Å². The van der Waals surface area contributed by atoms with Crippen molar-refractivity contribution in [1.29, 1.82) is 0 Å². The summed E-state index contributed by atoms with van der Waals surface area (Å²) in [6.07, 6.45) is 2.31. The van der Waals surface area contributed by atoms with Crippen LogP contribution in [0.4, 0.5) is 0 Å². The molecule has 1 aromatic carbocycles. The molecule has 2 rings (SSSR count). The molecule has 1 fully saturated rings. The van der Waals surface area contributed by atoms with E-state index in [1.165, 1.54) is 0 Å². The third-order valence-electron chi connectivity index (χ3n) is 2.38. The first-order chi connectivity index (χ1) is 7.36. The molecule has 2 atom stereocenters. The summed E-state index contributed by atoms with van der Waals surface area (Å²) in [5, 5.41) is 0. The molecule has 1 aliphatic rings. The molecule has 0 bridgehead atoms. The van der Waals surface area contributed by atoms with Crippen LogP contribution in [0.25, 0.3) is 0 Å². The third-order valence-corrected chi connectivity index (χ3v) is 3.32. The number of hydrogen-bond acceptors (Lipinski definition) is 1.